The zero-order valence-electron chi connectivity index (χ0n) is 31.7. The molecule has 4 rings (SSSR count). The molecule has 0 spiro atoms. The molecule has 1 unspecified atom stereocenters. The molecule has 1 aromatic carbocycles. The summed E-state index contributed by atoms with van der Waals surface area (Å²) >= 11 is 0. The number of nitrogens with zero attached hydrogens (tertiary/aromatic N) is 6. The van der Waals surface area contributed by atoms with Crippen molar-refractivity contribution in [3.63, 3.8) is 0 Å². The number of aliphatic carboxylic acids is 1. The van der Waals surface area contributed by atoms with Crippen LogP contribution in [0, 0.1) is 45.5 Å². The monoisotopic (exact) mass is 663 g/mol. The smallest absolute Gasteiger partial charge is 0.300 e. The van der Waals surface area contributed by atoms with E-state index in [0.29, 0.717) is 23.6 Å². The summed E-state index contributed by atoms with van der Waals surface area (Å²) in [5.41, 5.74) is 11.7. The lowest BCUT2D eigenvalue weighted by Gasteiger charge is -2.15. The third-order valence-electron chi connectivity index (χ3n) is 5.49. The van der Waals surface area contributed by atoms with Crippen LogP contribution in [0.25, 0.3) is 5.52 Å². The second kappa shape index (κ2) is 27.4. The number of anilines is 1. The van der Waals surface area contributed by atoms with E-state index in [4.69, 9.17) is 15.6 Å². The molecule has 0 aliphatic heterocycles. The van der Waals surface area contributed by atoms with Crippen molar-refractivity contribution < 1.29 is 14.7 Å². The van der Waals surface area contributed by atoms with Crippen LogP contribution in [0.5, 0.6) is 0 Å². The lowest BCUT2D eigenvalue weighted by Crippen LogP contribution is -2.26. The normalized spacial score (nSPS) is 9.94. The summed E-state index contributed by atoms with van der Waals surface area (Å²) in [7, 11) is 3.90. The maximum absolute atomic E-state index is 12.5. The fourth-order valence-corrected chi connectivity index (χ4v) is 3.78. The highest BCUT2D eigenvalue weighted by Crippen LogP contribution is 2.21. The zero-order chi connectivity index (χ0) is 38.0. The fourth-order valence-electron chi connectivity index (χ4n) is 3.78. The van der Waals surface area contributed by atoms with E-state index < -0.39 is 5.97 Å². The number of rotatable bonds is 6. The number of nitrogen functional groups attached to an aromatic ring is 1. The molecule has 10 nitrogen and oxygen atoms in total. The standard InChI is InChI=1S/C13H19N5O.C12H14N2.C4H10.C3H6.C2H4O2.C2H6.C2H2/c1-8-5-10(12(19)9(2)6-17(3)4)18-11(8)13(14)15-7-16-18;1-10-8-14(13-11(10)2)9-12-6-4-3-5-7-12;1-4(2)3;1-3-2;1-2(3)4;2*1-2/h5,7,9H,6H2,1-4H3,(H2,14,15,16);3-8H,9H2,1-2H3;4H,1-3H3;3H,1H2,2H3;1H3,(H,3,4);1-2H3;1-2H. The average Bonchev–Trinajstić information content (AvgIpc) is 3.52. The minimum atomic E-state index is -0.833. The van der Waals surface area contributed by atoms with Crippen molar-refractivity contribution in [2.75, 3.05) is 26.4 Å². The number of hydrogen-bond donors (Lipinski definition) is 2. The molecule has 3 heterocycles. The molecule has 0 saturated heterocycles. The first-order valence-corrected chi connectivity index (χ1v) is 16.0. The Labute approximate surface area is 290 Å². The summed E-state index contributed by atoms with van der Waals surface area (Å²) < 4.78 is 3.58. The SMILES string of the molecule is C#C.C=CC.CC.CC(=O)O.CC(C)C.Cc1cc(C(=O)C(C)CN(C)C)n2ncnc(N)c12.Cc1cn(Cc2ccccc2)nc1C. The van der Waals surface area contributed by atoms with Gasteiger partial charge in [0, 0.05) is 25.6 Å². The number of hydrogen-bond acceptors (Lipinski definition) is 7. The zero-order valence-corrected chi connectivity index (χ0v) is 31.7. The van der Waals surface area contributed by atoms with Crippen LogP contribution >= 0.6 is 0 Å². The van der Waals surface area contributed by atoms with Crippen molar-refractivity contribution in [1.82, 2.24) is 29.3 Å². The summed E-state index contributed by atoms with van der Waals surface area (Å²) in [6.45, 7) is 26.3. The van der Waals surface area contributed by atoms with E-state index in [9.17, 15) is 4.79 Å². The van der Waals surface area contributed by atoms with Crippen LogP contribution < -0.4 is 5.73 Å². The minimum Gasteiger partial charge on any atom is -0.481 e. The summed E-state index contributed by atoms with van der Waals surface area (Å²) in [4.78, 5) is 27.4. The summed E-state index contributed by atoms with van der Waals surface area (Å²) in [5.74, 6) is 0.366. The second-order valence-corrected chi connectivity index (χ2v) is 11.4. The van der Waals surface area contributed by atoms with Crippen LogP contribution in [0.1, 0.15) is 88.3 Å². The topological polar surface area (TPSA) is 132 Å². The van der Waals surface area contributed by atoms with Crippen molar-refractivity contribution in [3.05, 3.63) is 89.7 Å². The number of carboxylic acid groups (broad SMARTS) is 1. The van der Waals surface area contributed by atoms with Crippen LogP contribution in [0.3, 0.4) is 0 Å². The number of carbonyl (C=O) groups excluding carboxylic acids is 1. The highest BCUT2D eigenvalue weighted by Gasteiger charge is 2.22. The Bertz CT molecular complexity index is 1440. The van der Waals surface area contributed by atoms with E-state index in [-0.39, 0.29) is 11.7 Å². The van der Waals surface area contributed by atoms with Crippen LogP contribution in [0.15, 0.2) is 61.6 Å². The Balaban J connectivity index is -0.000000610. The van der Waals surface area contributed by atoms with Gasteiger partial charge in [-0.1, -0.05) is 78.0 Å². The molecule has 0 radical (unpaired) electrons. The van der Waals surface area contributed by atoms with Crippen molar-refractivity contribution in [2.45, 2.75) is 82.7 Å². The number of fused-ring (bicyclic) bond motifs is 1. The number of nitrogens with two attached hydrogens (primary N) is 1. The van der Waals surface area contributed by atoms with Gasteiger partial charge in [-0.05, 0) is 70.5 Å². The van der Waals surface area contributed by atoms with Crippen molar-refractivity contribution >= 4 is 23.1 Å². The number of aryl methyl sites for hydroxylation is 3. The van der Waals surface area contributed by atoms with Gasteiger partial charge in [0.1, 0.15) is 17.5 Å². The molecular weight excluding hydrogens is 602 g/mol. The summed E-state index contributed by atoms with van der Waals surface area (Å²) in [5, 5.41) is 16.0. The van der Waals surface area contributed by atoms with Gasteiger partial charge in [0.25, 0.3) is 5.97 Å². The van der Waals surface area contributed by atoms with Crippen molar-refractivity contribution in [1.29, 1.82) is 0 Å². The number of ketones is 1. The molecule has 0 fully saturated rings. The van der Waals surface area contributed by atoms with E-state index in [1.807, 2.05) is 77.4 Å². The Morgan fingerprint density at radius 1 is 1.04 bits per heavy atom. The Kier molecular flexibility index (Phi) is 27.2. The molecule has 48 heavy (non-hydrogen) atoms. The average molecular weight is 664 g/mol. The Morgan fingerprint density at radius 3 is 1.94 bits per heavy atom. The second-order valence-electron chi connectivity index (χ2n) is 11.4. The van der Waals surface area contributed by atoms with Gasteiger partial charge in [0.2, 0.25) is 0 Å². The first kappa shape index (κ1) is 47.7. The molecule has 0 amide bonds. The van der Waals surface area contributed by atoms with E-state index in [1.54, 1.807) is 10.6 Å². The molecule has 3 aromatic heterocycles. The largest absolute Gasteiger partial charge is 0.481 e. The number of allylic oxidation sites excluding steroid dienone is 1. The number of aromatic nitrogens is 5. The van der Waals surface area contributed by atoms with Crippen molar-refractivity contribution in [3.8, 4) is 12.8 Å². The van der Waals surface area contributed by atoms with Crippen LogP contribution in [-0.4, -0.2) is 66.8 Å². The number of carboxylic acids is 1. The van der Waals surface area contributed by atoms with Crippen molar-refractivity contribution in [2.24, 2.45) is 11.8 Å². The molecule has 3 N–H and O–H groups in total. The van der Waals surface area contributed by atoms with Gasteiger partial charge >= 0.3 is 0 Å². The minimum absolute atomic E-state index is 0.0647. The third-order valence-corrected chi connectivity index (χ3v) is 5.49. The fraction of sp³-hybridized carbons (Fsp3) is 0.447. The number of terminal acetylenes is 1. The lowest BCUT2D eigenvalue weighted by atomic mass is 10.0. The Hall–Kier alpha value is -4.75. The van der Waals surface area contributed by atoms with Crippen LogP contribution in [0.4, 0.5) is 5.82 Å². The third kappa shape index (κ3) is 20.4. The number of Topliss-reactive ketones (excluding diaryl/α,β-unsaturated/α-hetero) is 1. The van der Waals surface area contributed by atoms with Crippen LogP contribution in [0.2, 0.25) is 0 Å². The number of carbonyl (C=O) groups is 2. The van der Waals surface area contributed by atoms with E-state index in [0.717, 1.165) is 30.6 Å². The summed E-state index contributed by atoms with van der Waals surface area (Å²) in [6.07, 6.45) is 13.2. The van der Waals surface area contributed by atoms with E-state index in [1.165, 1.54) is 17.5 Å². The van der Waals surface area contributed by atoms with Gasteiger partial charge in [0.15, 0.2) is 11.6 Å². The summed E-state index contributed by atoms with van der Waals surface area (Å²) in [6, 6.07) is 12.2. The highest BCUT2D eigenvalue weighted by atomic mass is 16.4. The molecule has 0 aliphatic carbocycles. The van der Waals surface area contributed by atoms with Crippen LogP contribution in [-0.2, 0) is 11.3 Å². The molecule has 1 atom stereocenters. The Morgan fingerprint density at radius 2 is 1.52 bits per heavy atom. The molecule has 4 aromatic rings. The first-order valence-electron chi connectivity index (χ1n) is 16.0. The van der Waals surface area contributed by atoms with Gasteiger partial charge in [-0.25, -0.2) is 9.50 Å². The number of benzene rings is 1. The highest BCUT2D eigenvalue weighted by molar-refractivity contribution is 5.98. The van der Waals surface area contributed by atoms with Gasteiger partial charge in [-0.2, -0.15) is 10.2 Å². The molecule has 0 aliphatic rings. The van der Waals surface area contributed by atoms with Gasteiger partial charge in [-0.15, -0.1) is 19.4 Å². The molecule has 266 valence electrons. The molecule has 10 heteroatoms. The van der Waals surface area contributed by atoms with E-state index in [2.05, 4.69) is 92.8 Å². The van der Waals surface area contributed by atoms with Gasteiger partial charge in [0.05, 0.1) is 12.2 Å². The predicted molar refractivity (Wildman–Crippen MR) is 202 cm³/mol. The maximum atomic E-state index is 12.5. The molecule has 0 saturated carbocycles. The van der Waals surface area contributed by atoms with E-state index >= 15 is 0 Å². The molecular formula is C38H61N7O3. The molecule has 0 bridgehead atoms. The first-order chi connectivity index (χ1) is 22.5. The van der Waals surface area contributed by atoms with Gasteiger partial charge < -0.3 is 15.7 Å². The lowest BCUT2D eigenvalue weighted by molar-refractivity contribution is -0.134. The maximum Gasteiger partial charge on any atom is 0.300 e. The quantitative estimate of drug-likeness (QED) is 0.122. The predicted octanol–water partition coefficient (Wildman–Crippen LogP) is 7.77. The van der Waals surface area contributed by atoms with Gasteiger partial charge in [-0.3, -0.25) is 14.3 Å².